The number of thioether (sulfide) groups is 1. The summed E-state index contributed by atoms with van der Waals surface area (Å²) in [6.45, 7) is 0.358. The lowest BCUT2D eigenvalue weighted by Gasteiger charge is -2.10. The molecule has 0 unspecified atom stereocenters. The molecule has 1 aliphatic heterocycles. The summed E-state index contributed by atoms with van der Waals surface area (Å²) >= 11 is 1.58. The van der Waals surface area contributed by atoms with Crippen molar-refractivity contribution in [1.29, 1.82) is 0 Å². The van der Waals surface area contributed by atoms with Crippen LogP contribution in [0.1, 0.15) is 11.1 Å². The summed E-state index contributed by atoms with van der Waals surface area (Å²) in [6.07, 6.45) is 0.733. The van der Waals surface area contributed by atoms with Crippen molar-refractivity contribution >= 4 is 27.7 Å². The molecule has 3 rings (SSSR count). The molecule has 1 amide bonds. The maximum atomic E-state index is 12.3. The van der Waals surface area contributed by atoms with Crippen molar-refractivity contribution in [2.24, 2.45) is 5.14 Å². The Bertz CT molecular complexity index is 808. The Labute approximate surface area is 139 Å². The zero-order valence-corrected chi connectivity index (χ0v) is 13.9. The fraction of sp³-hybridized carbons (Fsp3) is 0.188. The molecule has 0 aromatic heterocycles. The zero-order valence-electron chi connectivity index (χ0n) is 12.2. The minimum atomic E-state index is -3.69. The number of fused-ring (bicyclic) bond motifs is 1. The molecule has 0 saturated heterocycles. The van der Waals surface area contributed by atoms with Gasteiger partial charge >= 0.3 is 0 Å². The van der Waals surface area contributed by atoms with E-state index in [9.17, 15) is 13.2 Å². The number of primary sulfonamides is 1. The summed E-state index contributed by atoms with van der Waals surface area (Å²) in [6, 6.07) is 14.2. The van der Waals surface area contributed by atoms with Crippen LogP contribution in [0.4, 0.5) is 0 Å². The zero-order chi connectivity index (χ0) is 16.4. The van der Waals surface area contributed by atoms with E-state index < -0.39 is 10.0 Å². The summed E-state index contributed by atoms with van der Waals surface area (Å²) in [5.74, 6) is -0.0123. The van der Waals surface area contributed by atoms with Gasteiger partial charge in [-0.1, -0.05) is 30.3 Å². The Morgan fingerprint density at radius 1 is 1.17 bits per heavy atom. The fourth-order valence-electron chi connectivity index (χ4n) is 2.43. The normalized spacial score (nSPS) is 16.8. The van der Waals surface area contributed by atoms with Crippen LogP contribution in [-0.4, -0.2) is 19.6 Å². The number of nitrogens with one attached hydrogen (secondary N) is 1. The number of carbonyl (C=O) groups is 1. The standard InChI is InChI=1S/C16H16N2O3S2/c17-23(20,21)13-7-5-11(6-8-13)10-18-16(19)15-9-12-3-1-2-4-14(12)22-15/h1-8,15H,9-10H2,(H,18,19)(H2,17,20,21)/t15-/m1/s1. The molecule has 120 valence electrons. The van der Waals surface area contributed by atoms with Gasteiger partial charge in [0, 0.05) is 11.4 Å². The monoisotopic (exact) mass is 348 g/mol. The lowest BCUT2D eigenvalue weighted by molar-refractivity contribution is -0.120. The first-order valence-electron chi connectivity index (χ1n) is 7.07. The molecule has 1 heterocycles. The third-order valence-corrected chi connectivity index (χ3v) is 5.90. The van der Waals surface area contributed by atoms with Gasteiger partial charge in [-0.05, 0) is 35.7 Å². The van der Waals surface area contributed by atoms with Gasteiger partial charge in [0.15, 0.2) is 0 Å². The van der Waals surface area contributed by atoms with Crippen LogP contribution >= 0.6 is 11.8 Å². The molecule has 2 aromatic carbocycles. The molecule has 7 heteroatoms. The highest BCUT2D eigenvalue weighted by Crippen LogP contribution is 2.36. The van der Waals surface area contributed by atoms with Gasteiger partial charge in [-0.25, -0.2) is 13.6 Å². The van der Waals surface area contributed by atoms with E-state index in [0.717, 1.165) is 16.9 Å². The molecular weight excluding hydrogens is 332 g/mol. The molecule has 0 fully saturated rings. The molecule has 1 aliphatic rings. The molecule has 2 aromatic rings. The molecular formula is C16H16N2O3S2. The Balaban J connectivity index is 1.58. The van der Waals surface area contributed by atoms with Crippen molar-refractivity contribution in [3.63, 3.8) is 0 Å². The van der Waals surface area contributed by atoms with Crippen molar-refractivity contribution in [3.8, 4) is 0 Å². The van der Waals surface area contributed by atoms with Gasteiger partial charge in [-0.3, -0.25) is 4.79 Å². The van der Waals surface area contributed by atoms with Crippen LogP contribution in [0.5, 0.6) is 0 Å². The van der Waals surface area contributed by atoms with Crippen LogP contribution in [0, 0.1) is 0 Å². The van der Waals surface area contributed by atoms with Gasteiger partial charge in [0.2, 0.25) is 15.9 Å². The van der Waals surface area contributed by atoms with Gasteiger partial charge in [0.25, 0.3) is 0 Å². The summed E-state index contributed by atoms with van der Waals surface area (Å²) in [5.41, 5.74) is 2.03. The number of hydrogen-bond donors (Lipinski definition) is 2. The Kier molecular flexibility index (Phi) is 4.43. The van der Waals surface area contributed by atoms with Crippen LogP contribution in [-0.2, 0) is 27.8 Å². The average Bonchev–Trinajstić information content (AvgIpc) is 2.96. The number of sulfonamides is 1. The van der Waals surface area contributed by atoms with Crippen LogP contribution < -0.4 is 10.5 Å². The van der Waals surface area contributed by atoms with E-state index in [1.54, 1.807) is 23.9 Å². The maximum Gasteiger partial charge on any atom is 0.238 e. The Morgan fingerprint density at radius 2 is 1.87 bits per heavy atom. The van der Waals surface area contributed by atoms with Crippen LogP contribution in [0.2, 0.25) is 0 Å². The second-order valence-corrected chi connectivity index (χ2v) is 8.13. The number of amides is 1. The predicted octanol–water partition coefficient (Wildman–Crippen LogP) is 1.67. The molecule has 1 atom stereocenters. The topological polar surface area (TPSA) is 89.3 Å². The smallest absolute Gasteiger partial charge is 0.238 e. The largest absolute Gasteiger partial charge is 0.351 e. The molecule has 0 radical (unpaired) electrons. The van der Waals surface area contributed by atoms with E-state index >= 15 is 0 Å². The van der Waals surface area contributed by atoms with E-state index in [1.165, 1.54) is 17.7 Å². The molecule has 23 heavy (non-hydrogen) atoms. The number of carbonyl (C=O) groups excluding carboxylic acids is 1. The highest BCUT2D eigenvalue weighted by molar-refractivity contribution is 8.01. The van der Waals surface area contributed by atoms with Gasteiger partial charge in [-0.2, -0.15) is 0 Å². The van der Waals surface area contributed by atoms with E-state index in [-0.39, 0.29) is 16.1 Å². The molecule has 0 bridgehead atoms. The molecule has 3 N–H and O–H groups in total. The van der Waals surface area contributed by atoms with Crippen LogP contribution in [0.25, 0.3) is 0 Å². The van der Waals surface area contributed by atoms with E-state index in [2.05, 4.69) is 5.32 Å². The Hall–Kier alpha value is -1.83. The van der Waals surface area contributed by atoms with Crippen molar-refractivity contribution in [1.82, 2.24) is 5.32 Å². The molecule has 0 aliphatic carbocycles. The average molecular weight is 348 g/mol. The Morgan fingerprint density at radius 3 is 2.52 bits per heavy atom. The lowest BCUT2D eigenvalue weighted by Crippen LogP contribution is -2.32. The second kappa shape index (κ2) is 6.35. The van der Waals surface area contributed by atoms with Gasteiger partial charge in [-0.15, -0.1) is 11.8 Å². The summed E-state index contributed by atoms with van der Waals surface area (Å²) in [5, 5.41) is 7.83. The van der Waals surface area contributed by atoms with E-state index in [1.807, 2.05) is 24.3 Å². The second-order valence-electron chi connectivity index (χ2n) is 5.33. The van der Waals surface area contributed by atoms with Crippen molar-refractivity contribution in [3.05, 3.63) is 59.7 Å². The third-order valence-electron chi connectivity index (χ3n) is 3.66. The van der Waals surface area contributed by atoms with Gasteiger partial charge < -0.3 is 5.32 Å². The maximum absolute atomic E-state index is 12.3. The highest BCUT2D eigenvalue weighted by atomic mass is 32.2. The number of nitrogens with two attached hydrogens (primary N) is 1. The first kappa shape index (κ1) is 16.0. The number of rotatable bonds is 4. The van der Waals surface area contributed by atoms with Crippen LogP contribution in [0.3, 0.4) is 0 Å². The first-order valence-corrected chi connectivity index (χ1v) is 9.50. The lowest BCUT2D eigenvalue weighted by atomic mass is 10.1. The van der Waals surface area contributed by atoms with Gasteiger partial charge in [0.1, 0.15) is 0 Å². The molecule has 0 spiro atoms. The third kappa shape index (κ3) is 3.74. The fourth-order valence-corrected chi connectivity index (χ4v) is 4.16. The molecule has 0 saturated carbocycles. The predicted molar refractivity (Wildman–Crippen MR) is 89.5 cm³/mol. The summed E-state index contributed by atoms with van der Waals surface area (Å²) in [4.78, 5) is 13.5. The minimum Gasteiger partial charge on any atom is -0.351 e. The number of benzene rings is 2. The van der Waals surface area contributed by atoms with Crippen molar-refractivity contribution in [2.45, 2.75) is 28.0 Å². The van der Waals surface area contributed by atoms with Gasteiger partial charge in [0.05, 0.1) is 10.1 Å². The van der Waals surface area contributed by atoms with Crippen molar-refractivity contribution in [2.75, 3.05) is 0 Å². The van der Waals surface area contributed by atoms with E-state index in [4.69, 9.17) is 5.14 Å². The van der Waals surface area contributed by atoms with Crippen LogP contribution in [0.15, 0.2) is 58.3 Å². The van der Waals surface area contributed by atoms with E-state index in [0.29, 0.717) is 6.54 Å². The SMILES string of the molecule is NS(=O)(=O)c1ccc(CNC(=O)[C@H]2Cc3ccccc3S2)cc1. The first-order chi connectivity index (χ1) is 10.9. The quantitative estimate of drug-likeness (QED) is 0.879. The molecule has 5 nitrogen and oxygen atoms in total. The summed E-state index contributed by atoms with van der Waals surface area (Å²) in [7, 11) is -3.69. The minimum absolute atomic E-state index is 0.0123. The van der Waals surface area contributed by atoms with Crippen molar-refractivity contribution < 1.29 is 13.2 Å². The summed E-state index contributed by atoms with van der Waals surface area (Å²) < 4.78 is 22.4. The highest BCUT2D eigenvalue weighted by Gasteiger charge is 2.27. The number of hydrogen-bond acceptors (Lipinski definition) is 4.